The molecular formula is C11H13F2NO2. The molecule has 1 atom stereocenters. The molecule has 1 unspecified atom stereocenters. The van der Waals surface area contributed by atoms with Gasteiger partial charge in [-0.25, -0.2) is 8.78 Å². The minimum Gasteiger partial charge on any atom is -0.505 e. The van der Waals surface area contributed by atoms with Crippen molar-refractivity contribution in [2.75, 3.05) is 20.2 Å². The minimum absolute atomic E-state index is 0.0816. The van der Waals surface area contributed by atoms with E-state index in [1.807, 2.05) is 0 Å². The first-order valence-electron chi connectivity index (χ1n) is 5.10. The molecule has 5 heteroatoms. The first kappa shape index (κ1) is 11.1. The Kier molecular flexibility index (Phi) is 2.96. The van der Waals surface area contributed by atoms with E-state index in [-0.39, 0.29) is 17.2 Å². The summed E-state index contributed by atoms with van der Waals surface area (Å²) < 4.78 is 32.3. The van der Waals surface area contributed by atoms with E-state index in [4.69, 9.17) is 4.74 Å². The predicted molar refractivity (Wildman–Crippen MR) is 54.8 cm³/mol. The lowest BCUT2D eigenvalue weighted by Crippen LogP contribution is -2.11. The molecule has 0 amide bonds. The number of hydrogen-bond acceptors (Lipinski definition) is 3. The van der Waals surface area contributed by atoms with Gasteiger partial charge in [0, 0.05) is 24.1 Å². The molecule has 0 aliphatic carbocycles. The topological polar surface area (TPSA) is 41.5 Å². The summed E-state index contributed by atoms with van der Waals surface area (Å²) in [5.74, 6) is -2.54. The fourth-order valence-corrected chi connectivity index (χ4v) is 2.03. The van der Waals surface area contributed by atoms with Gasteiger partial charge in [0.2, 0.25) is 0 Å². The monoisotopic (exact) mass is 229 g/mol. The molecule has 1 aliphatic rings. The number of halogens is 2. The van der Waals surface area contributed by atoms with Gasteiger partial charge in [0.1, 0.15) is 0 Å². The highest BCUT2D eigenvalue weighted by Gasteiger charge is 2.27. The number of benzene rings is 1. The summed E-state index contributed by atoms with van der Waals surface area (Å²) in [7, 11) is 1.28. The quantitative estimate of drug-likeness (QED) is 0.811. The van der Waals surface area contributed by atoms with Crippen LogP contribution < -0.4 is 10.1 Å². The summed E-state index contributed by atoms with van der Waals surface area (Å²) in [4.78, 5) is 0. The van der Waals surface area contributed by atoms with Gasteiger partial charge in [-0.2, -0.15) is 0 Å². The van der Waals surface area contributed by atoms with E-state index in [2.05, 4.69) is 5.32 Å². The molecule has 1 saturated heterocycles. The van der Waals surface area contributed by atoms with Crippen LogP contribution in [0.3, 0.4) is 0 Å². The van der Waals surface area contributed by atoms with Crippen LogP contribution in [0, 0.1) is 11.6 Å². The molecule has 1 aliphatic heterocycles. The van der Waals surface area contributed by atoms with E-state index >= 15 is 0 Å². The third-order valence-electron chi connectivity index (χ3n) is 2.87. The zero-order valence-corrected chi connectivity index (χ0v) is 8.89. The van der Waals surface area contributed by atoms with Crippen molar-refractivity contribution in [3.63, 3.8) is 0 Å². The number of ether oxygens (including phenoxy) is 1. The molecule has 0 saturated carbocycles. The average Bonchev–Trinajstić information content (AvgIpc) is 2.77. The van der Waals surface area contributed by atoms with Crippen molar-refractivity contribution in [2.45, 2.75) is 12.3 Å². The first-order chi connectivity index (χ1) is 7.65. The van der Waals surface area contributed by atoms with Crippen LogP contribution in [0.5, 0.6) is 11.5 Å². The van der Waals surface area contributed by atoms with Gasteiger partial charge in [-0.15, -0.1) is 0 Å². The molecule has 1 heterocycles. The van der Waals surface area contributed by atoms with Crippen molar-refractivity contribution < 1.29 is 18.6 Å². The molecule has 16 heavy (non-hydrogen) atoms. The Morgan fingerprint density at radius 3 is 2.75 bits per heavy atom. The zero-order chi connectivity index (χ0) is 11.7. The molecule has 0 bridgehead atoms. The molecule has 0 radical (unpaired) electrons. The highest BCUT2D eigenvalue weighted by Crippen LogP contribution is 2.36. The Morgan fingerprint density at radius 1 is 1.44 bits per heavy atom. The highest BCUT2D eigenvalue weighted by molar-refractivity contribution is 5.43. The van der Waals surface area contributed by atoms with Gasteiger partial charge >= 0.3 is 0 Å². The Labute approximate surface area is 92.0 Å². The smallest absolute Gasteiger partial charge is 0.171 e. The van der Waals surface area contributed by atoms with Crippen LogP contribution in [0.25, 0.3) is 0 Å². The third-order valence-corrected chi connectivity index (χ3v) is 2.87. The van der Waals surface area contributed by atoms with Crippen LogP contribution in [0.15, 0.2) is 6.07 Å². The van der Waals surface area contributed by atoms with Gasteiger partial charge in [0.05, 0.1) is 7.11 Å². The number of hydrogen-bond donors (Lipinski definition) is 2. The van der Waals surface area contributed by atoms with Crippen LogP contribution >= 0.6 is 0 Å². The van der Waals surface area contributed by atoms with Gasteiger partial charge in [0.25, 0.3) is 0 Å². The van der Waals surface area contributed by atoms with Crippen LogP contribution in [0.1, 0.15) is 17.9 Å². The molecule has 1 aromatic carbocycles. The lowest BCUT2D eigenvalue weighted by Gasteiger charge is -2.14. The zero-order valence-electron chi connectivity index (χ0n) is 8.89. The lowest BCUT2D eigenvalue weighted by atomic mass is 9.96. The van der Waals surface area contributed by atoms with Gasteiger partial charge < -0.3 is 15.2 Å². The second-order valence-corrected chi connectivity index (χ2v) is 3.83. The molecule has 1 fully saturated rings. The first-order valence-corrected chi connectivity index (χ1v) is 5.10. The fraction of sp³-hybridized carbons (Fsp3) is 0.455. The van der Waals surface area contributed by atoms with E-state index in [1.54, 1.807) is 0 Å². The number of aromatic hydroxyl groups is 1. The summed E-state index contributed by atoms with van der Waals surface area (Å²) in [5.41, 5.74) is -0.0816. The second kappa shape index (κ2) is 4.25. The number of rotatable bonds is 2. The van der Waals surface area contributed by atoms with E-state index in [0.29, 0.717) is 13.0 Å². The van der Waals surface area contributed by atoms with Crippen molar-refractivity contribution in [1.82, 2.24) is 5.32 Å². The Hall–Kier alpha value is -1.36. The lowest BCUT2D eigenvalue weighted by molar-refractivity contribution is 0.362. The molecule has 1 aromatic rings. The average molecular weight is 229 g/mol. The van der Waals surface area contributed by atoms with E-state index in [1.165, 1.54) is 7.11 Å². The maximum absolute atomic E-state index is 13.9. The molecule has 2 N–H and O–H groups in total. The second-order valence-electron chi connectivity index (χ2n) is 3.83. The standard InChI is InChI=1S/C11H13F2NO2/c1-16-8-4-7(15)10(12)9(11(8)13)6-2-3-14-5-6/h4,6,14-15H,2-3,5H2,1H3. The largest absolute Gasteiger partial charge is 0.505 e. The third kappa shape index (κ3) is 1.71. The van der Waals surface area contributed by atoms with E-state index in [9.17, 15) is 13.9 Å². The molecule has 3 nitrogen and oxygen atoms in total. The van der Waals surface area contributed by atoms with Crippen LogP contribution in [-0.2, 0) is 0 Å². The number of methoxy groups -OCH3 is 1. The van der Waals surface area contributed by atoms with E-state index in [0.717, 1.165) is 12.6 Å². The number of phenols is 1. The van der Waals surface area contributed by atoms with Gasteiger partial charge in [0.15, 0.2) is 23.1 Å². The summed E-state index contributed by atoms with van der Waals surface area (Å²) in [6, 6.07) is 0.955. The van der Waals surface area contributed by atoms with Crippen molar-refractivity contribution in [3.05, 3.63) is 23.3 Å². The summed E-state index contributed by atoms with van der Waals surface area (Å²) >= 11 is 0. The number of nitrogens with one attached hydrogen (secondary N) is 1. The SMILES string of the molecule is COc1cc(O)c(F)c(C2CCNC2)c1F. The predicted octanol–water partition coefficient (Wildman–Crippen LogP) is 1.76. The van der Waals surface area contributed by atoms with Crippen LogP contribution in [0.4, 0.5) is 8.78 Å². The van der Waals surface area contributed by atoms with Crippen molar-refractivity contribution in [2.24, 2.45) is 0 Å². The van der Waals surface area contributed by atoms with Crippen LogP contribution in [0.2, 0.25) is 0 Å². The maximum atomic E-state index is 13.9. The normalized spacial score (nSPS) is 20.1. The minimum atomic E-state index is -0.882. The summed E-state index contributed by atoms with van der Waals surface area (Å²) in [6.07, 6.45) is 0.653. The van der Waals surface area contributed by atoms with Crippen molar-refractivity contribution in [3.8, 4) is 11.5 Å². The molecule has 0 spiro atoms. The van der Waals surface area contributed by atoms with Crippen molar-refractivity contribution >= 4 is 0 Å². The van der Waals surface area contributed by atoms with E-state index < -0.39 is 17.4 Å². The summed E-state index contributed by atoms with van der Waals surface area (Å²) in [6.45, 7) is 1.24. The van der Waals surface area contributed by atoms with Gasteiger partial charge in [-0.05, 0) is 13.0 Å². The fourth-order valence-electron chi connectivity index (χ4n) is 2.03. The molecule has 88 valence electrons. The maximum Gasteiger partial charge on any atom is 0.171 e. The molecule has 2 rings (SSSR count). The Morgan fingerprint density at radius 2 is 2.19 bits per heavy atom. The van der Waals surface area contributed by atoms with Crippen molar-refractivity contribution in [1.29, 1.82) is 0 Å². The Bertz CT molecular complexity index is 403. The molecular weight excluding hydrogens is 216 g/mol. The number of phenolic OH excluding ortho intramolecular Hbond substituents is 1. The summed E-state index contributed by atoms with van der Waals surface area (Å²) in [5, 5.41) is 12.4. The van der Waals surface area contributed by atoms with Crippen LogP contribution in [-0.4, -0.2) is 25.3 Å². The van der Waals surface area contributed by atoms with Gasteiger partial charge in [-0.3, -0.25) is 0 Å². The highest BCUT2D eigenvalue weighted by atomic mass is 19.1. The molecule has 0 aromatic heterocycles. The Balaban J connectivity index is 2.52. The van der Waals surface area contributed by atoms with Gasteiger partial charge in [-0.1, -0.05) is 0 Å².